The first-order valence-electron chi connectivity index (χ1n) is 11.0. The van der Waals surface area contributed by atoms with Crippen LogP contribution in [0.4, 0.5) is 9.52 Å². The molecule has 1 saturated heterocycles. The highest BCUT2D eigenvalue weighted by Crippen LogP contribution is 2.44. The molecule has 35 heavy (non-hydrogen) atoms. The number of aliphatic hydroxyl groups is 1. The Kier molecular flexibility index (Phi) is 5.82. The molecule has 0 unspecified atom stereocenters. The van der Waals surface area contributed by atoms with Crippen molar-refractivity contribution in [3.05, 3.63) is 94.8 Å². The van der Waals surface area contributed by atoms with Crippen LogP contribution in [-0.2, 0) is 9.59 Å². The van der Waals surface area contributed by atoms with Crippen LogP contribution in [-0.4, -0.2) is 28.4 Å². The lowest BCUT2D eigenvalue weighted by molar-refractivity contribution is -0.132. The Bertz CT molecular complexity index is 1480. The third kappa shape index (κ3) is 4.06. The second kappa shape index (κ2) is 8.96. The van der Waals surface area contributed by atoms with E-state index < -0.39 is 23.5 Å². The Morgan fingerprint density at radius 2 is 1.80 bits per heavy atom. The molecule has 0 bridgehead atoms. The number of fused-ring (bicyclic) bond motifs is 1. The Morgan fingerprint density at radius 3 is 2.49 bits per heavy atom. The van der Waals surface area contributed by atoms with E-state index in [0.717, 1.165) is 10.3 Å². The summed E-state index contributed by atoms with van der Waals surface area (Å²) in [7, 11) is 0. The minimum Gasteiger partial charge on any atom is -0.507 e. The van der Waals surface area contributed by atoms with Crippen molar-refractivity contribution >= 4 is 44.1 Å². The molecule has 1 atom stereocenters. The topological polar surface area (TPSA) is 79.7 Å². The summed E-state index contributed by atoms with van der Waals surface area (Å²) in [5, 5.41) is 11.5. The molecule has 1 N–H and O–H groups in total. The van der Waals surface area contributed by atoms with Crippen LogP contribution in [0.5, 0.6) is 5.75 Å². The molecule has 1 fully saturated rings. The summed E-state index contributed by atoms with van der Waals surface area (Å²) in [4.78, 5) is 32.5. The zero-order valence-corrected chi connectivity index (χ0v) is 19.8. The van der Waals surface area contributed by atoms with Crippen molar-refractivity contribution < 1.29 is 23.8 Å². The summed E-state index contributed by atoms with van der Waals surface area (Å²) >= 11 is 1.30. The van der Waals surface area contributed by atoms with Crippen molar-refractivity contribution in [1.82, 2.24) is 4.98 Å². The van der Waals surface area contributed by atoms with Gasteiger partial charge in [-0.05, 0) is 73.5 Å². The molecular formula is C27H21FN2O4S. The SMILES string of the molecule is CCOc1ccc([C@@H]2/C(=C(\O)c3ccc(F)cc3)C(=O)C(=O)N2c2nc3ccc(C)cc3s2)cc1. The first-order chi connectivity index (χ1) is 16.9. The van der Waals surface area contributed by atoms with Crippen LogP contribution in [0.25, 0.3) is 16.0 Å². The number of hydrogen-bond acceptors (Lipinski definition) is 6. The van der Waals surface area contributed by atoms with Crippen molar-refractivity contribution in [2.45, 2.75) is 19.9 Å². The monoisotopic (exact) mass is 488 g/mol. The van der Waals surface area contributed by atoms with Crippen LogP contribution >= 0.6 is 11.3 Å². The summed E-state index contributed by atoms with van der Waals surface area (Å²) in [5.41, 5.74) is 2.52. The maximum absolute atomic E-state index is 13.5. The maximum Gasteiger partial charge on any atom is 0.301 e. The van der Waals surface area contributed by atoms with E-state index in [4.69, 9.17) is 4.74 Å². The molecule has 176 valence electrons. The number of aromatic nitrogens is 1. The van der Waals surface area contributed by atoms with Crippen LogP contribution in [0, 0.1) is 12.7 Å². The Morgan fingerprint density at radius 1 is 1.09 bits per heavy atom. The molecule has 1 aliphatic heterocycles. The minimum atomic E-state index is -0.919. The number of anilines is 1. The molecule has 0 aliphatic carbocycles. The fourth-order valence-electron chi connectivity index (χ4n) is 4.14. The van der Waals surface area contributed by atoms with E-state index in [2.05, 4.69) is 4.98 Å². The first kappa shape index (κ1) is 22.7. The molecule has 1 amide bonds. The van der Waals surface area contributed by atoms with E-state index in [1.54, 1.807) is 24.3 Å². The molecule has 8 heteroatoms. The molecule has 0 spiro atoms. The van der Waals surface area contributed by atoms with Gasteiger partial charge in [-0.25, -0.2) is 9.37 Å². The predicted molar refractivity (Wildman–Crippen MR) is 133 cm³/mol. The number of Topliss-reactive ketones (excluding diaryl/α,β-unsaturated/α-hetero) is 1. The number of hydrogen-bond donors (Lipinski definition) is 1. The number of nitrogens with zero attached hydrogens (tertiary/aromatic N) is 2. The van der Waals surface area contributed by atoms with E-state index in [9.17, 15) is 19.1 Å². The number of carbonyl (C=O) groups is 2. The van der Waals surface area contributed by atoms with Gasteiger partial charge in [0.15, 0.2) is 5.13 Å². The zero-order valence-electron chi connectivity index (χ0n) is 19.0. The average Bonchev–Trinajstić information content (AvgIpc) is 3.37. The number of rotatable bonds is 5. The molecule has 1 aliphatic rings. The number of halogens is 1. The smallest absolute Gasteiger partial charge is 0.301 e. The van der Waals surface area contributed by atoms with Crippen molar-refractivity contribution in [3.63, 3.8) is 0 Å². The van der Waals surface area contributed by atoms with Gasteiger partial charge in [0, 0.05) is 5.56 Å². The molecule has 2 heterocycles. The van der Waals surface area contributed by atoms with Crippen LogP contribution < -0.4 is 9.64 Å². The number of aryl methyl sites for hydroxylation is 1. The molecule has 3 aromatic carbocycles. The largest absolute Gasteiger partial charge is 0.507 e. The average molecular weight is 489 g/mol. The molecular weight excluding hydrogens is 467 g/mol. The van der Waals surface area contributed by atoms with Gasteiger partial charge in [-0.2, -0.15) is 0 Å². The van der Waals surface area contributed by atoms with E-state index >= 15 is 0 Å². The number of ketones is 1. The molecule has 6 nitrogen and oxygen atoms in total. The Balaban J connectivity index is 1.70. The standard InChI is InChI=1S/C27H21FN2O4S/c1-3-34-19-11-7-16(8-12-19)23-22(24(31)17-5-9-18(28)10-6-17)25(32)26(33)30(23)27-29-20-13-4-15(2)14-21(20)35-27/h4-14,23,31H,3H2,1-2H3/b24-22+/t23-/m1/s1. The fraction of sp³-hybridized carbons (Fsp3) is 0.148. The van der Waals surface area contributed by atoms with Crippen LogP contribution in [0.3, 0.4) is 0 Å². The van der Waals surface area contributed by atoms with Gasteiger partial charge in [0.1, 0.15) is 17.3 Å². The molecule has 0 saturated carbocycles. The van der Waals surface area contributed by atoms with Crippen LogP contribution in [0.2, 0.25) is 0 Å². The highest BCUT2D eigenvalue weighted by molar-refractivity contribution is 7.22. The van der Waals surface area contributed by atoms with Crippen LogP contribution in [0.15, 0.2) is 72.3 Å². The second-order valence-corrected chi connectivity index (χ2v) is 9.15. The lowest BCUT2D eigenvalue weighted by Crippen LogP contribution is -2.29. The van der Waals surface area contributed by atoms with Gasteiger partial charge in [0.25, 0.3) is 5.78 Å². The van der Waals surface area contributed by atoms with E-state index in [0.29, 0.717) is 28.6 Å². The predicted octanol–water partition coefficient (Wildman–Crippen LogP) is 5.77. The Labute approximate surface area is 204 Å². The second-order valence-electron chi connectivity index (χ2n) is 8.15. The van der Waals surface area contributed by atoms with Gasteiger partial charge < -0.3 is 9.84 Å². The molecule has 1 aromatic heterocycles. The van der Waals surface area contributed by atoms with Gasteiger partial charge in [-0.1, -0.05) is 29.5 Å². The maximum atomic E-state index is 13.5. The minimum absolute atomic E-state index is 0.0822. The first-order valence-corrected chi connectivity index (χ1v) is 11.9. The van der Waals surface area contributed by atoms with Crippen molar-refractivity contribution in [2.24, 2.45) is 0 Å². The molecule has 5 rings (SSSR count). The summed E-state index contributed by atoms with van der Waals surface area (Å²) in [5.74, 6) is -1.83. The lowest BCUT2D eigenvalue weighted by atomic mass is 9.95. The Hall–Kier alpha value is -4.04. The fourth-order valence-corrected chi connectivity index (χ4v) is 5.23. The number of amides is 1. The summed E-state index contributed by atoms with van der Waals surface area (Å²) < 4.78 is 19.9. The van der Waals surface area contributed by atoms with Crippen LogP contribution in [0.1, 0.15) is 29.7 Å². The third-order valence-electron chi connectivity index (χ3n) is 5.81. The van der Waals surface area contributed by atoms with Crippen molar-refractivity contribution in [3.8, 4) is 5.75 Å². The van der Waals surface area contributed by atoms with Gasteiger partial charge in [0.2, 0.25) is 0 Å². The van der Waals surface area contributed by atoms with E-state index in [1.165, 1.54) is 40.5 Å². The summed E-state index contributed by atoms with van der Waals surface area (Å²) in [6.45, 7) is 4.33. The number of carbonyl (C=O) groups excluding carboxylic acids is 2. The number of benzene rings is 3. The number of aliphatic hydroxyl groups excluding tert-OH is 1. The highest BCUT2D eigenvalue weighted by Gasteiger charge is 2.48. The molecule has 0 radical (unpaired) electrons. The van der Waals surface area contributed by atoms with Gasteiger partial charge in [0.05, 0.1) is 28.4 Å². The summed E-state index contributed by atoms with van der Waals surface area (Å²) in [6, 6.07) is 17.0. The quantitative estimate of drug-likeness (QED) is 0.219. The summed E-state index contributed by atoms with van der Waals surface area (Å²) in [6.07, 6.45) is 0. The highest BCUT2D eigenvalue weighted by atomic mass is 32.1. The molecule has 4 aromatic rings. The normalized spacial score (nSPS) is 17.3. The van der Waals surface area contributed by atoms with E-state index in [1.807, 2.05) is 32.0 Å². The number of ether oxygens (including phenoxy) is 1. The zero-order chi connectivity index (χ0) is 24.7. The van der Waals surface area contributed by atoms with E-state index in [-0.39, 0.29) is 16.9 Å². The van der Waals surface area contributed by atoms with Gasteiger partial charge in [-0.15, -0.1) is 0 Å². The lowest BCUT2D eigenvalue weighted by Gasteiger charge is -2.23. The number of thiazole rings is 1. The third-order valence-corrected chi connectivity index (χ3v) is 6.83. The van der Waals surface area contributed by atoms with Crippen molar-refractivity contribution in [2.75, 3.05) is 11.5 Å². The van der Waals surface area contributed by atoms with Gasteiger partial charge in [-0.3, -0.25) is 14.5 Å². The van der Waals surface area contributed by atoms with Crippen molar-refractivity contribution in [1.29, 1.82) is 0 Å². The van der Waals surface area contributed by atoms with Gasteiger partial charge >= 0.3 is 5.91 Å².